The van der Waals surface area contributed by atoms with Gasteiger partial charge in [-0.2, -0.15) is 4.65 Å². The van der Waals surface area contributed by atoms with E-state index in [1.165, 1.54) is 0 Å². The summed E-state index contributed by atoms with van der Waals surface area (Å²) in [5.74, 6) is 0.347. The summed E-state index contributed by atoms with van der Waals surface area (Å²) >= 11 is 6.18. The van der Waals surface area contributed by atoms with Crippen molar-refractivity contribution in [3.05, 3.63) is 22.2 Å². The summed E-state index contributed by atoms with van der Waals surface area (Å²) < 4.78 is 10.7. The Hall–Kier alpha value is -1.54. The molecule has 144 valence electrons. The van der Waals surface area contributed by atoms with E-state index in [4.69, 9.17) is 26.8 Å². The van der Waals surface area contributed by atoms with Crippen LogP contribution in [0.2, 0.25) is 5.02 Å². The molecule has 7 nitrogen and oxygen atoms in total. The number of hydrogen-bond donors (Lipinski definition) is 3. The molecule has 0 saturated carbocycles. The number of nitrogen functional groups attached to an aromatic ring is 1. The summed E-state index contributed by atoms with van der Waals surface area (Å²) in [6.07, 6.45) is 2.93. The smallest absolute Gasteiger partial charge is 0.255 e. The van der Waals surface area contributed by atoms with Crippen molar-refractivity contribution in [1.82, 2.24) is 5.32 Å². The third kappa shape index (κ3) is 4.06. The van der Waals surface area contributed by atoms with E-state index in [0.29, 0.717) is 61.3 Å². The van der Waals surface area contributed by atoms with Crippen molar-refractivity contribution in [2.24, 2.45) is 0 Å². The number of halogens is 1. The largest absolute Gasteiger partial charge is 0.492 e. The lowest BCUT2D eigenvalue weighted by atomic mass is 10.0. The van der Waals surface area contributed by atoms with Crippen molar-refractivity contribution in [1.29, 1.82) is 0 Å². The number of likely N-dealkylation sites (tertiary alicyclic amines) is 1. The van der Waals surface area contributed by atoms with E-state index in [1.54, 1.807) is 13.2 Å². The molecule has 0 unspecified atom stereocenters. The fraction of sp³-hybridized carbons (Fsp3) is 0.611. The number of hydroxylamine groups is 3. The van der Waals surface area contributed by atoms with Crippen molar-refractivity contribution >= 4 is 23.2 Å². The number of piperidine rings is 1. The molecular formula is C18H27ClN3O4+. The van der Waals surface area contributed by atoms with Crippen LogP contribution in [0.15, 0.2) is 6.07 Å². The highest BCUT2D eigenvalue weighted by Crippen LogP contribution is 2.38. The molecule has 0 aromatic heterocycles. The number of hydrogen-bond acceptors (Lipinski definition) is 5. The summed E-state index contributed by atoms with van der Waals surface area (Å²) in [7, 11) is 1.66. The van der Waals surface area contributed by atoms with Gasteiger partial charge < -0.3 is 20.5 Å². The molecule has 2 aliphatic heterocycles. The van der Waals surface area contributed by atoms with Crippen molar-refractivity contribution in [3.8, 4) is 5.75 Å². The molecule has 4 N–H and O–H groups in total. The number of quaternary nitrogens is 1. The zero-order valence-corrected chi connectivity index (χ0v) is 15.8. The van der Waals surface area contributed by atoms with Crippen LogP contribution >= 0.6 is 11.6 Å². The fourth-order valence-electron chi connectivity index (χ4n) is 3.72. The number of anilines is 1. The van der Waals surface area contributed by atoms with E-state index in [-0.39, 0.29) is 16.6 Å². The van der Waals surface area contributed by atoms with Gasteiger partial charge in [-0.3, -0.25) is 4.79 Å². The average molecular weight is 385 g/mol. The summed E-state index contributed by atoms with van der Waals surface area (Å²) in [4.78, 5) is 12.7. The molecule has 1 aromatic rings. The summed E-state index contributed by atoms with van der Waals surface area (Å²) in [6.45, 7) is 3.06. The topological polar surface area (TPSA) is 93.8 Å². The number of nitrogens with two attached hydrogens (primary N) is 1. The molecule has 1 fully saturated rings. The van der Waals surface area contributed by atoms with E-state index in [9.17, 15) is 10.0 Å². The van der Waals surface area contributed by atoms with Crippen LogP contribution < -0.4 is 15.8 Å². The lowest BCUT2D eigenvalue weighted by Gasteiger charge is -2.37. The zero-order valence-electron chi connectivity index (χ0n) is 15.1. The van der Waals surface area contributed by atoms with Crippen LogP contribution in [0, 0.1) is 0 Å². The molecule has 0 bridgehead atoms. The van der Waals surface area contributed by atoms with Crippen LogP contribution in [0.25, 0.3) is 0 Å². The minimum atomic E-state index is -0.202. The van der Waals surface area contributed by atoms with E-state index in [1.807, 2.05) is 0 Å². The van der Waals surface area contributed by atoms with Gasteiger partial charge in [0.2, 0.25) is 0 Å². The molecule has 0 atom stereocenters. The van der Waals surface area contributed by atoms with Crippen LogP contribution in [0.3, 0.4) is 0 Å². The molecule has 0 aliphatic carbocycles. The number of ether oxygens (including phenoxy) is 2. The van der Waals surface area contributed by atoms with E-state index >= 15 is 0 Å². The van der Waals surface area contributed by atoms with E-state index in [0.717, 1.165) is 24.8 Å². The van der Waals surface area contributed by atoms with Gasteiger partial charge >= 0.3 is 0 Å². The SMILES string of the molecule is COCCC[N+]1(O)CCC(NC(=O)c2cc(Cl)c(N)c3c2OCC3)CC1. The number of amides is 1. The maximum atomic E-state index is 12.7. The molecular weight excluding hydrogens is 358 g/mol. The van der Waals surface area contributed by atoms with Crippen molar-refractivity contribution in [2.75, 3.05) is 45.7 Å². The Morgan fingerprint density at radius 1 is 1.50 bits per heavy atom. The van der Waals surface area contributed by atoms with Gasteiger partial charge in [0.05, 0.1) is 29.5 Å². The third-order valence-corrected chi connectivity index (χ3v) is 5.57. The number of carbonyl (C=O) groups is 1. The standard InChI is InChI=1S/C18H26ClN3O4/c1-25-9-2-6-22(24)7-3-12(4-8-22)21-18(23)14-11-15(19)16(20)13-5-10-26-17(13)14/h11-12,24H,2-10H2,1H3,(H2-,20,21,23)/p+1. The second-order valence-corrected chi connectivity index (χ2v) is 7.49. The number of methoxy groups -OCH3 is 1. The maximum Gasteiger partial charge on any atom is 0.255 e. The van der Waals surface area contributed by atoms with Gasteiger partial charge in [0.25, 0.3) is 5.91 Å². The molecule has 2 heterocycles. The summed E-state index contributed by atoms with van der Waals surface area (Å²) in [5, 5.41) is 14.0. The second kappa shape index (κ2) is 8.00. The second-order valence-electron chi connectivity index (χ2n) is 7.09. The summed E-state index contributed by atoms with van der Waals surface area (Å²) in [5.41, 5.74) is 7.73. The number of fused-ring (bicyclic) bond motifs is 1. The van der Waals surface area contributed by atoms with Crippen LogP contribution in [0.4, 0.5) is 5.69 Å². The number of rotatable bonds is 6. The van der Waals surface area contributed by atoms with Gasteiger partial charge in [0.1, 0.15) is 25.4 Å². The number of carbonyl (C=O) groups excluding carboxylic acids is 1. The predicted octanol–water partition coefficient (Wildman–Crippen LogP) is 1.99. The summed E-state index contributed by atoms with van der Waals surface area (Å²) in [6, 6.07) is 1.60. The lowest BCUT2D eigenvalue weighted by molar-refractivity contribution is -1.10. The minimum absolute atomic E-state index is 0.0247. The van der Waals surface area contributed by atoms with Gasteiger partial charge in [-0.05, 0) is 6.07 Å². The average Bonchev–Trinajstić information content (AvgIpc) is 3.10. The van der Waals surface area contributed by atoms with Crippen molar-refractivity contribution in [2.45, 2.75) is 31.7 Å². The van der Waals surface area contributed by atoms with Crippen molar-refractivity contribution in [3.63, 3.8) is 0 Å². The first-order valence-corrected chi connectivity index (χ1v) is 9.43. The molecule has 8 heteroatoms. The molecule has 26 heavy (non-hydrogen) atoms. The first kappa shape index (κ1) is 19.2. The van der Waals surface area contributed by atoms with Gasteiger partial charge in [0, 0.05) is 44.4 Å². The highest BCUT2D eigenvalue weighted by Gasteiger charge is 2.34. The van der Waals surface area contributed by atoms with Gasteiger partial charge in [-0.15, -0.1) is 0 Å². The van der Waals surface area contributed by atoms with Gasteiger partial charge in [0.15, 0.2) is 0 Å². The number of benzene rings is 1. The first-order chi connectivity index (χ1) is 12.4. The Balaban J connectivity index is 1.60. The molecule has 2 aliphatic rings. The predicted molar refractivity (Wildman–Crippen MR) is 98.7 cm³/mol. The molecule has 1 amide bonds. The Bertz CT molecular complexity index is 675. The van der Waals surface area contributed by atoms with Crippen LogP contribution in [0.5, 0.6) is 5.75 Å². The highest BCUT2D eigenvalue weighted by atomic mass is 35.5. The molecule has 0 spiro atoms. The van der Waals surface area contributed by atoms with Gasteiger partial charge in [-0.1, -0.05) is 11.6 Å². The van der Waals surface area contributed by atoms with E-state index < -0.39 is 0 Å². The zero-order chi connectivity index (χ0) is 18.7. The quantitative estimate of drug-likeness (QED) is 0.396. The maximum absolute atomic E-state index is 12.7. The van der Waals surface area contributed by atoms with Gasteiger partial charge in [-0.25, -0.2) is 5.21 Å². The Morgan fingerprint density at radius 3 is 2.92 bits per heavy atom. The van der Waals surface area contributed by atoms with Crippen LogP contribution in [0.1, 0.15) is 35.2 Å². The molecule has 3 rings (SSSR count). The number of nitrogens with zero attached hydrogens (tertiary/aromatic N) is 1. The Morgan fingerprint density at radius 2 is 2.23 bits per heavy atom. The molecule has 1 aromatic carbocycles. The van der Waals surface area contributed by atoms with Crippen LogP contribution in [-0.4, -0.2) is 61.8 Å². The monoisotopic (exact) mass is 384 g/mol. The normalized spacial score (nSPS) is 24.8. The first-order valence-electron chi connectivity index (χ1n) is 9.06. The molecule has 0 radical (unpaired) electrons. The highest BCUT2D eigenvalue weighted by molar-refractivity contribution is 6.33. The van der Waals surface area contributed by atoms with Crippen LogP contribution in [-0.2, 0) is 11.2 Å². The third-order valence-electron chi connectivity index (χ3n) is 5.26. The van der Waals surface area contributed by atoms with Crippen molar-refractivity contribution < 1.29 is 24.1 Å². The lowest BCUT2D eigenvalue weighted by Crippen LogP contribution is -2.55. The van der Waals surface area contributed by atoms with E-state index in [2.05, 4.69) is 5.32 Å². The Kier molecular flexibility index (Phi) is 5.92. The number of nitrogens with one attached hydrogen (secondary N) is 1. The minimum Gasteiger partial charge on any atom is -0.492 e. The Labute approximate surface area is 158 Å². The fourth-order valence-corrected chi connectivity index (χ4v) is 3.94. The molecule has 1 saturated heterocycles.